The number of rotatable bonds is 3. The maximum Gasteiger partial charge on any atom is 0.272 e. The van der Waals surface area contributed by atoms with Crippen molar-refractivity contribution in [3.05, 3.63) is 46.8 Å². The van der Waals surface area contributed by atoms with Crippen molar-refractivity contribution in [1.29, 1.82) is 0 Å². The van der Waals surface area contributed by atoms with Crippen LogP contribution in [0.4, 0.5) is 8.78 Å². The van der Waals surface area contributed by atoms with E-state index in [-0.39, 0.29) is 11.9 Å². The third kappa shape index (κ3) is 3.00. The highest BCUT2D eigenvalue weighted by Gasteiger charge is 2.30. The first-order chi connectivity index (χ1) is 12.5. The molecule has 1 aliphatic heterocycles. The molecule has 4 rings (SSSR count). The molecule has 0 spiro atoms. The molecule has 7 heteroatoms. The molecule has 5 nitrogen and oxygen atoms in total. The minimum Gasteiger partial charge on any atom is -0.346 e. The standard InChI is InChI=1S/C19H22F2N4O/c1-11-7-8-22-10-16(11)23-19(26)18-13-3-2-4-17(13)25(24-18)12-5-6-14(20)15(21)9-12/h5-6,9,11,16,22H,2-4,7-8,10H2,1H3,(H,23,26). The number of hydrogen-bond acceptors (Lipinski definition) is 3. The van der Waals surface area contributed by atoms with Gasteiger partial charge < -0.3 is 10.6 Å². The lowest BCUT2D eigenvalue weighted by molar-refractivity contribution is 0.0908. The molecule has 2 aliphatic rings. The van der Waals surface area contributed by atoms with Gasteiger partial charge in [-0.15, -0.1) is 0 Å². The highest BCUT2D eigenvalue weighted by molar-refractivity contribution is 5.94. The Morgan fingerprint density at radius 2 is 2.15 bits per heavy atom. The van der Waals surface area contributed by atoms with E-state index in [1.165, 1.54) is 6.07 Å². The molecule has 26 heavy (non-hydrogen) atoms. The second-order valence-electron chi connectivity index (χ2n) is 7.19. The van der Waals surface area contributed by atoms with Crippen LogP contribution in [0.1, 0.15) is 41.5 Å². The molecular weight excluding hydrogens is 338 g/mol. The van der Waals surface area contributed by atoms with E-state index in [2.05, 4.69) is 22.7 Å². The largest absolute Gasteiger partial charge is 0.346 e. The van der Waals surface area contributed by atoms with E-state index in [0.717, 1.165) is 62.2 Å². The van der Waals surface area contributed by atoms with E-state index in [4.69, 9.17) is 0 Å². The predicted octanol–water partition coefficient (Wildman–Crippen LogP) is 2.37. The van der Waals surface area contributed by atoms with Crippen LogP contribution in [0.3, 0.4) is 0 Å². The zero-order valence-electron chi connectivity index (χ0n) is 14.7. The summed E-state index contributed by atoms with van der Waals surface area (Å²) >= 11 is 0. The van der Waals surface area contributed by atoms with Gasteiger partial charge in [-0.2, -0.15) is 5.10 Å². The minimum atomic E-state index is -0.919. The Balaban J connectivity index is 1.65. The summed E-state index contributed by atoms with van der Waals surface area (Å²) in [6.07, 6.45) is 3.50. The van der Waals surface area contributed by atoms with Gasteiger partial charge in [0.15, 0.2) is 17.3 Å². The summed E-state index contributed by atoms with van der Waals surface area (Å²) in [5, 5.41) is 10.8. The maximum atomic E-state index is 13.6. The van der Waals surface area contributed by atoms with Gasteiger partial charge in [0.05, 0.1) is 5.69 Å². The number of carbonyl (C=O) groups excluding carboxylic acids is 1. The van der Waals surface area contributed by atoms with Gasteiger partial charge in [-0.05, 0) is 50.3 Å². The molecule has 2 N–H and O–H groups in total. The number of hydrogen-bond donors (Lipinski definition) is 2. The number of nitrogens with zero attached hydrogens (tertiary/aromatic N) is 2. The van der Waals surface area contributed by atoms with E-state index in [1.54, 1.807) is 4.68 Å². The second kappa shape index (κ2) is 6.79. The fraction of sp³-hybridized carbons (Fsp3) is 0.474. The van der Waals surface area contributed by atoms with Crippen LogP contribution in [0.2, 0.25) is 0 Å². The normalized spacial score (nSPS) is 22.3. The van der Waals surface area contributed by atoms with Crippen LogP contribution in [-0.2, 0) is 12.8 Å². The number of fused-ring (bicyclic) bond motifs is 1. The Morgan fingerprint density at radius 1 is 1.31 bits per heavy atom. The molecule has 2 atom stereocenters. The molecule has 2 heterocycles. The van der Waals surface area contributed by atoms with Crippen molar-refractivity contribution in [3.63, 3.8) is 0 Å². The van der Waals surface area contributed by atoms with E-state index in [0.29, 0.717) is 17.3 Å². The monoisotopic (exact) mass is 360 g/mol. The van der Waals surface area contributed by atoms with Crippen LogP contribution in [0.25, 0.3) is 5.69 Å². The van der Waals surface area contributed by atoms with Gasteiger partial charge >= 0.3 is 0 Å². The number of carbonyl (C=O) groups is 1. The molecule has 0 saturated carbocycles. The molecule has 1 aromatic heterocycles. The summed E-state index contributed by atoms with van der Waals surface area (Å²) < 4.78 is 28.5. The number of nitrogens with one attached hydrogen (secondary N) is 2. The van der Waals surface area contributed by atoms with Crippen LogP contribution < -0.4 is 10.6 Å². The molecule has 2 unspecified atom stereocenters. The second-order valence-corrected chi connectivity index (χ2v) is 7.19. The average Bonchev–Trinajstić information content (AvgIpc) is 3.22. The van der Waals surface area contributed by atoms with Gasteiger partial charge in [-0.3, -0.25) is 4.79 Å². The molecule has 138 valence electrons. The van der Waals surface area contributed by atoms with Crippen molar-refractivity contribution in [3.8, 4) is 5.69 Å². The molecule has 1 aromatic carbocycles. The Bertz CT molecular complexity index is 848. The fourth-order valence-corrected chi connectivity index (χ4v) is 3.87. The lowest BCUT2D eigenvalue weighted by Crippen LogP contribution is -2.50. The van der Waals surface area contributed by atoms with Gasteiger partial charge in [-0.25, -0.2) is 13.5 Å². The number of halogens is 2. The molecule has 1 saturated heterocycles. The number of amides is 1. The minimum absolute atomic E-state index is 0.0710. The van der Waals surface area contributed by atoms with Gasteiger partial charge in [0.25, 0.3) is 5.91 Å². The molecule has 1 fully saturated rings. The van der Waals surface area contributed by atoms with Crippen molar-refractivity contribution in [2.75, 3.05) is 13.1 Å². The summed E-state index contributed by atoms with van der Waals surface area (Å²) in [4.78, 5) is 12.8. The summed E-state index contributed by atoms with van der Waals surface area (Å²) in [7, 11) is 0. The van der Waals surface area contributed by atoms with Gasteiger partial charge in [-0.1, -0.05) is 6.92 Å². The zero-order chi connectivity index (χ0) is 18.3. The average molecular weight is 360 g/mol. The van der Waals surface area contributed by atoms with Crippen LogP contribution in [0, 0.1) is 17.6 Å². The Kier molecular flexibility index (Phi) is 4.48. The smallest absolute Gasteiger partial charge is 0.272 e. The van der Waals surface area contributed by atoms with Crippen LogP contribution in [0.5, 0.6) is 0 Å². The predicted molar refractivity (Wildman–Crippen MR) is 93.4 cm³/mol. The van der Waals surface area contributed by atoms with Crippen molar-refractivity contribution in [2.24, 2.45) is 5.92 Å². The quantitative estimate of drug-likeness (QED) is 0.884. The van der Waals surface area contributed by atoms with E-state index >= 15 is 0 Å². The third-order valence-electron chi connectivity index (χ3n) is 5.44. The van der Waals surface area contributed by atoms with Crippen molar-refractivity contribution in [2.45, 2.75) is 38.6 Å². The Labute approximate surface area is 150 Å². The van der Waals surface area contributed by atoms with Crippen LogP contribution >= 0.6 is 0 Å². The first-order valence-corrected chi connectivity index (χ1v) is 9.12. The highest BCUT2D eigenvalue weighted by atomic mass is 19.2. The van der Waals surface area contributed by atoms with Gasteiger partial charge in [0, 0.05) is 29.9 Å². The first-order valence-electron chi connectivity index (χ1n) is 9.12. The van der Waals surface area contributed by atoms with Gasteiger partial charge in [0.2, 0.25) is 0 Å². The van der Waals surface area contributed by atoms with Crippen molar-refractivity contribution >= 4 is 5.91 Å². The van der Waals surface area contributed by atoms with Crippen molar-refractivity contribution < 1.29 is 13.6 Å². The van der Waals surface area contributed by atoms with E-state index in [1.807, 2.05) is 0 Å². The summed E-state index contributed by atoms with van der Waals surface area (Å²) in [5.74, 6) is -1.60. The summed E-state index contributed by atoms with van der Waals surface area (Å²) in [6.45, 7) is 3.85. The molecule has 1 aliphatic carbocycles. The molecule has 0 bridgehead atoms. The molecule has 0 radical (unpaired) electrons. The number of piperidine rings is 1. The summed E-state index contributed by atoms with van der Waals surface area (Å²) in [5.41, 5.74) is 2.67. The first kappa shape index (κ1) is 17.1. The van der Waals surface area contributed by atoms with Crippen LogP contribution in [0.15, 0.2) is 18.2 Å². The topological polar surface area (TPSA) is 58.9 Å². The summed E-state index contributed by atoms with van der Waals surface area (Å²) in [6, 6.07) is 3.76. The zero-order valence-corrected chi connectivity index (χ0v) is 14.7. The number of benzene rings is 1. The van der Waals surface area contributed by atoms with Gasteiger partial charge in [0.1, 0.15) is 0 Å². The SMILES string of the molecule is CC1CCNCC1NC(=O)c1nn(-c2ccc(F)c(F)c2)c2c1CCC2. The fourth-order valence-electron chi connectivity index (χ4n) is 3.87. The third-order valence-corrected chi connectivity index (χ3v) is 5.44. The van der Waals surface area contributed by atoms with Crippen molar-refractivity contribution in [1.82, 2.24) is 20.4 Å². The Hall–Kier alpha value is -2.28. The highest BCUT2D eigenvalue weighted by Crippen LogP contribution is 2.28. The van der Waals surface area contributed by atoms with E-state index in [9.17, 15) is 13.6 Å². The van der Waals surface area contributed by atoms with E-state index < -0.39 is 11.6 Å². The maximum absolute atomic E-state index is 13.6. The van der Waals surface area contributed by atoms with Crippen LogP contribution in [-0.4, -0.2) is 34.8 Å². The molecule has 1 amide bonds. The lowest BCUT2D eigenvalue weighted by atomic mass is 9.94. The lowest BCUT2D eigenvalue weighted by Gasteiger charge is -2.30. The molecular formula is C19H22F2N4O. The number of aromatic nitrogens is 2. The Morgan fingerprint density at radius 3 is 2.92 bits per heavy atom. The molecule has 2 aromatic rings.